The van der Waals surface area contributed by atoms with Gasteiger partial charge in [-0.15, -0.1) is 0 Å². The number of halogens is 3. The van der Waals surface area contributed by atoms with Gasteiger partial charge in [0, 0.05) is 28.7 Å². The Morgan fingerprint density at radius 2 is 1.76 bits per heavy atom. The van der Waals surface area contributed by atoms with Gasteiger partial charge in [0.2, 0.25) is 0 Å². The van der Waals surface area contributed by atoms with E-state index in [1.54, 1.807) is 18.2 Å². The van der Waals surface area contributed by atoms with Gasteiger partial charge >= 0.3 is 5.97 Å². The topological polar surface area (TPSA) is 46.5 Å². The molecule has 0 saturated heterocycles. The molecule has 0 heterocycles. The van der Waals surface area contributed by atoms with Crippen LogP contribution in [0.15, 0.2) is 46.9 Å². The molecule has 2 aromatic rings. The first-order valence-electron chi connectivity index (χ1n) is 5.78. The maximum atomic E-state index is 13.1. The van der Waals surface area contributed by atoms with E-state index >= 15 is 0 Å². The SMILES string of the molecule is O=C(O)/C=C/c1ccc(Oc2cc(F)cc(F)c2)cc1Br. The van der Waals surface area contributed by atoms with Gasteiger partial charge in [-0.2, -0.15) is 0 Å². The van der Waals surface area contributed by atoms with E-state index in [2.05, 4.69) is 15.9 Å². The van der Waals surface area contributed by atoms with Crippen LogP contribution in [0, 0.1) is 11.6 Å². The van der Waals surface area contributed by atoms with Crippen LogP contribution < -0.4 is 4.74 Å². The lowest BCUT2D eigenvalue weighted by molar-refractivity contribution is -0.131. The van der Waals surface area contributed by atoms with Crippen LogP contribution in [-0.4, -0.2) is 11.1 Å². The Morgan fingerprint density at radius 3 is 2.33 bits per heavy atom. The molecule has 21 heavy (non-hydrogen) atoms. The number of hydrogen-bond acceptors (Lipinski definition) is 2. The predicted molar refractivity (Wildman–Crippen MR) is 77.2 cm³/mol. The molecule has 6 heteroatoms. The van der Waals surface area contributed by atoms with Crippen LogP contribution >= 0.6 is 15.9 Å². The summed E-state index contributed by atoms with van der Waals surface area (Å²) < 4.78 is 32.1. The normalized spacial score (nSPS) is 10.8. The quantitative estimate of drug-likeness (QED) is 0.815. The Balaban J connectivity index is 2.22. The van der Waals surface area contributed by atoms with Crippen LogP contribution in [0.25, 0.3) is 6.08 Å². The highest BCUT2D eigenvalue weighted by Gasteiger charge is 2.05. The van der Waals surface area contributed by atoms with Gasteiger partial charge < -0.3 is 9.84 Å². The van der Waals surface area contributed by atoms with Crippen molar-refractivity contribution in [3.8, 4) is 11.5 Å². The van der Waals surface area contributed by atoms with E-state index < -0.39 is 17.6 Å². The average molecular weight is 355 g/mol. The first-order valence-corrected chi connectivity index (χ1v) is 6.58. The van der Waals surface area contributed by atoms with Crippen LogP contribution in [-0.2, 0) is 4.79 Å². The van der Waals surface area contributed by atoms with Gasteiger partial charge in [0.25, 0.3) is 0 Å². The second-order valence-corrected chi connectivity index (χ2v) is 4.92. The minimum absolute atomic E-state index is 0.0354. The van der Waals surface area contributed by atoms with Gasteiger partial charge in [-0.05, 0) is 23.8 Å². The molecule has 1 N–H and O–H groups in total. The first-order chi connectivity index (χ1) is 9.94. The monoisotopic (exact) mass is 354 g/mol. The lowest BCUT2D eigenvalue weighted by Gasteiger charge is -2.07. The molecule has 2 aromatic carbocycles. The Hall–Kier alpha value is -2.21. The summed E-state index contributed by atoms with van der Waals surface area (Å²) in [5.74, 6) is -2.12. The van der Waals surface area contributed by atoms with Crippen molar-refractivity contribution in [1.82, 2.24) is 0 Å². The summed E-state index contributed by atoms with van der Waals surface area (Å²) in [4.78, 5) is 10.5. The highest BCUT2D eigenvalue weighted by molar-refractivity contribution is 9.10. The molecule has 0 unspecified atom stereocenters. The maximum Gasteiger partial charge on any atom is 0.328 e. The highest BCUT2D eigenvalue weighted by Crippen LogP contribution is 2.28. The average Bonchev–Trinajstić information content (AvgIpc) is 2.36. The molecule has 3 nitrogen and oxygen atoms in total. The number of aliphatic carboxylic acids is 1. The Labute approximate surface area is 127 Å². The highest BCUT2D eigenvalue weighted by atomic mass is 79.9. The zero-order valence-corrected chi connectivity index (χ0v) is 12.1. The molecule has 0 bridgehead atoms. The summed E-state index contributed by atoms with van der Waals surface area (Å²) in [6.45, 7) is 0. The Kier molecular flexibility index (Phi) is 4.70. The molecule has 0 aromatic heterocycles. The molecule has 0 aliphatic rings. The fraction of sp³-hybridized carbons (Fsp3) is 0. The smallest absolute Gasteiger partial charge is 0.328 e. The largest absolute Gasteiger partial charge is 0.478 e. The molecule has 0 aliphatic carbocycles. The van der Waals surface area contributed by atoms with Gasteiger partial charge in [0.05, 0.1) is 0 Å². The molecule has 0 aliphatic heterocycles. The van der Waals surface area contributed by atoms with E-state index in [4.69, 9.17) is 9.84 Å². The van der Waals surface area contributed by atoms with Crippen molar-refractivity contribution in [2.45, 2.75) is 0 Å². The minimum Gasteiger partial charge on any atom is -0.478 e. The van der Waals surface area contributed by atoms with Crippen LogP contribution in [0.2, 0.25) is 0 Å². The number of rotatable bonds is 4. The minimum atomic E-state index is -1.06. The van der Waals surface area contributed by atoms with Crippen molar-refractivity contribution in [2.75, 3.05) is 0 Å². The van der Waals surface area contributed by atoms with Crippen molar-refractivity contribution in [2.24, 2.45) is 0 Å². The molecule has 108 valence electrons. The summed E-state index contributed by atoms with van der Waals surface area (Å²) in [5.41, 5.74) is 0.634. The summed E-state index contributed by atoms with van der Waals surface area (Å²) in [6, 6.07) is 7.64. The number of benzene rings is 2. The van der Waals surface area contributed by atoms with Crippen molar-refractivity contribution >= 4 is 28.0 Å². The third-order valence-electron chi connectivity index (χ3n) is 2.45. The number of hydrogen-bond donors (Lipinski definition) is 1. The van der Waals surface area contributed by atoms with Gasteiger partial charge in [0.15, 0.2) is 0 Å². The van der Waals surface area contributed by atoms with Gasteiger partial charge in [-0.3, -0.25) is 0 Å². The van der Waals surface area contributed by atoms with E-state index in [1.807, 2.05) is 0 Å². The number of ether oxygens (including phenoxy) is 1. The van der Waals surface area contributed by atoms with E-state index in [9.17, 15) is 13.6 Å². The summed E-state index contributed by atoms with van der Waals surface area (Å²) >= 11 is 3.27. The summed E-state index contributed by atoms with van der Waals surface area (Å²) in [7, 11) is 0. The van der Waals surface area contributed by atoms with Crippen LogP contribution in [0.5, 0.6) is 11.5 Å². The number of carbonyl (C=O) groups is 1. The van der Waals surface area contributed by atoms with E-state index in [0.717, 1.165) is 24.3 Å². The van der Waals surface area contributed by atoms with Crippen molar-refractivity contribution < 1.29 is 23.4 Å². The fourth-order valence-corrected chi connectivity index (χ4v) is 2.08. The van der Waals surface area contributed by atoms with Crippen LogP contribution in [0.3, 0.4) is 0 Å². The molecule has 0 atom stereocenters. The maximum absolute atomic E-state index is 13.1. The third kappa shape index (κ3) is 4.39. The molecule has 2 rings (SSSR count). The van der Waals surface area contributed by atoms with Crippen molar-refractivity contribution in [3.05, 3.63) is 64.1 Å². The lowest BCUT2D eigenvalue weighted by atomic mass is 10.2. The second kappa shape index (κ2) is 6.49. The lowest BCUT2D eigenvalue weighted by Crippen LogP contribution is -1.89. The molecular formula is C15H9BrF2O3. The fourth-order valence-electron chi connectivity index (χ4n) is 1.59. The molecule has 0 saturated carbocycles. The van der Waals surface area contributed by atoms with E-state index in [1.165, 1.54) is 6.08 Å². The van der Waals surface area contributed by atoms with Gasteiger partial charge in [-0.1, -0.05) is 22.0 Å². The van der Waals surface area contributed by atoms with E-state index in [-0.39, 0.29) is 5.75 Å². The zero-order valence-electron chi connectivity index (χ0n) is 10.5. The standard InChI is InChI=1S/C15H9BrF2O3/c16-14-8-12(3-1-9(14)2-4-15(19)20)21-13-6-10(17)5-11(18)7-13/h1-8H,(H,19,20)/b4-2+. The van der Waals surface area contributed by atoms with Crippen LogP contribution in [0.1, 0.15) is 5.56 Å². The molecule has 0 spiro atoms. The van der Waals surface area contributed by atoms with Crippen LogP contribution in [0.4, 0.5) is 8.78 Å². The Morgan fingerprint density at radius 1 is 1.10 bits per heavy atom. The molecular weight excluding hydrogens is 346 g/mol. The zero-order chi connectivity index (χ0) is 15.4. The van der Waals surface area contributed by atoms with Gasteiger partial charge in [0.1, 0.15) is 23.1 Å². The summed E-state index contributed by atoms with van der Waals surface area (Å²) in [6.07, 6.45) is 2.42. The predicted octanol–water partition coefficient (Wildman–Crippen LogP) is 4.62. The molecule has 0 fully saturated rings. The Bertz CT molecular complexity index is 694. The number of carboxylic acids is 1. The van der Waals surface area contributed by atoms with E-state index in [0.29, 0.717) is 15.8 Å². The number of carboxylic acid groups (broad SMARTS) is 1. The summed E-state index contributed by atoms with van der Waals surface area (Å²) in [5, 5.41) is 8.57. The van der Waals surface area contributed by atoms with Crippen molar-refractivity contribution in [1.29, 1.82) is 0 Å². The first kappa shape index (κ1) is 15.2. The van der Waals surface area contributed by atoms with Crippen molar-refractivity contribution in [3.63, 3.8) is 0 Å². The molecule has 0 amide bonds. The van der Waals surface area contributed by atoms with Gasteiger partial charge in [-0.25, -0.2) is 13.6 Å². The second-order valence-electron chi connectivity index (χ2n) is 4.06. The third-order valence-corrected chi connectivity index (χ3v) is 3.14. The molecule has 0 radical (unpaired) electrons.